The summed E-state index contributed by atoms with van der Waals surface area (Å²) in [6.07, 6.45) is 0. The van der Waals surface area contributed by atoms with Gasteiger partial charge >= 0.3 is 0 Å². The molecular weight excluding hydrogens is 288 g/mol. The highest BCUT2D eigenvalue weighted by Crippen LogP contribution is 2.29. The first kappa shape index (κ1) is 14.9. The van der Waals surface area contributed by atoms with Crippen LogP contribution in [0, 0.1) is 23.2 Å². The molecule has 0 bridgehead atoms. The Kier molecular flexibility index (Phi) is 4.15. The number of nitrogens with zero attached hydrogens (tertiary/aromatic N) is 2. The van der Waals surface area contributed by atoms with E-state index in [1.54, 1.807) is 30.3 Å². The van der Waals surface area contributed by atoms with E-state index in [2.05, 4.69) is 5.18 Å². The average molecular weight is 300 g/mol. The first-order valence-electron chi connectivity index (χ1n) is 6.13. The van der Waals surface area contributed by atoms with Crippen LogP contribution in [0.25, 0.3) is 0 Å². The van der Waals surface area contributed by atoms with Crippen LogP contribution in [0.5, 0.6) is 0 Å². The molecule has 0 heterocycles. The molecule has 1 unspecified atom stereocenters. The molecule has 0 aromatic heterocycles. The third-order valence-corrected chi connectivity index (χ3v) is 4.91. The molecule has 1 atom stereocenters. The van der Waals surface area contributed by atoms with E-state index in [0.717, 1.165) is 5.56 Å². The minimum Gasteiger partial charge on any atom is -0.219 e. The third kappa shape index (κ3) is 2.83. The highest BCUT2D eigenvalue weighted by atomic mass is 32.2. The molecule has 0 fully saturated rings. The summed E-state index contributed by atoms with van der Waals surface area (Å²) >= 11 is 0. The highest BCUT2D eigenvalue weighted by Gasteiger charge is 2.25. The number of hydrogen-bond acceptors (Lipinski definition) is 5. The lowest BCUT2D eigenvalue weighted by atomic mass is 10.1. The Morgan fingerprint density at radius 1 is 1.10 bits per heavy atom. The van der Waals surface area contributed by atoms with Crippen LogP contribution in [0.2, 0.25) is 0 Å². The molecule has 0 aliphatic rings. The maximum Gasteiger partial charge on any atom is 0.206 e. The predicted octanol–water partition coefficient (Wildman–Crippen LogP) is 3.16. The maximum atomic E-state index is 12.6. The number of benzene rings is 2. The SMILES string of the molecule is Cc1ccc(S(=O)(=O)c2ccccc2C(C#N)N=O)cc1. The molecule has 2 rings (SSSR count). The van der Waals surface area contributed by atoms with Gasteiger partial charge in [0.2, 0.25) is 15.9 Å². The first-order valence-corrected chi connectivity index (χ1v) is 7.62. The predicted molar refractivity (Wildman–Crippen MR) is 77.2 cm³/mol. The summed E-state index contributed by atoms with van der Waals surface area (Å²) in [4.78, 5) is 10.8. The van der Waals surface area contributed by atoms with Crippen LogP contribution >= 0.6 is 0 Å². The van der Waals surface area contributed by atoms with Crippen molar-refractivity contribution in [3.05, 3.63) is 64.6 Å². The Bertz CT molecular complexity index is 806. The molecule has 0 aliphatic carbocycles. The van der Waals surface area contributed by atoms with E-state index in [4.69, 9.17) is 5.26 Å². The molecule has 0 spiro atoms. The van der Waals surface area contributed by atoms with Crippen LogP contribution in [0.15, 0.2) is 63.5 Å². The molecule has 0 radical (unpaired) electrons. The Hall–Kier alpha value is -2.52. The van der Waals surface area contributed by atoms with Crippen LogP contribution in [-0.4, -0.2) is 8.42 Å². The van der Waals surface area contributed by atoms with E-state index < -0.39 is 15.9 Å². The van der Waals surface area contributed by atoms with Crippen LogP contribution in [-0.2, 0) is 9.84 Å². The van der Waals surface area contributed by atoms with Crippen LogP contribution in [0.3, 0.4) is 0 Å². The number of nitriles is 1. The van der Waals surface area contributed by atoms with Gasteiger partial charge in [0.15, 0.2) is 0 Å². The summed E-state index contributed by atoms with van der Waals surface area (Å²) in [5, 5.41) is 11.6. The zero-order valence-corrected chi connectivity index (χ0v) is 12.0. The van der Waals surface area contributed by atoms with Gasteiger partial charge in [-0.3, -0.25) is 0 Å². The molecule has 0 saturated heterocycles. The summed E-state index contributed by atoms with van der Waals surface area (Å²) in [7, 11) is -3.80. The van der Waals surface area contributed by atoms with Gasteiger partial charge in [0.1, 0.15) is 0 Å². The van der Waals surface area contributed by atoms with Gasteiger partial charge in [0, 0.05) is 5.56 Å². The van der Waals surface area contributed by atoms with Crippen molar-refractivity contribution in [3.63, 3.8) is 0 Å². The first-order chi connectivity index (χ1) is 10.0. The minimum absolute atomic E-state index is 0.0694. The molecule has 106 valence electrons. The molecule has 6 heteroatoms. The lowest BCUT2D eigenvalue weighted by molar-refractivity contribution is 0.594. The standard InChI is InChI=1S/C15H12N2O3S/c1-11-6-8-12(9-7-11)21(19,20)15-5-3-2-4-13(15)14(10-16)17-18/h2-9,14H,1H3. The van der Waals surface area contributed by atoms with Crippen molar-refractivity contribution >= 4 is 9.84 Å². The Morgan fingerprint density at radius 2 is 1.71 bits per heavy atom. The van der Waals surface area contributed by atoms with E-state index >= 15 is 0 Å². The van der Waals surface area contributed by atoms with Crippen molar-refractivity contribution in [1.29, 1.82) is 5.26 Å². The van der Waals surface area contributed by atoms with Crippen LogP contribution in [0.1, 0.15) is 17.2 Å². The third-order valence-electron chi connectivity index (χ3n) is 3.06. The van der Waals surface area contributed by atoms with Crippen molar-refractivity contribution in [2.24, 2.45) is 5.18 Å². The van der Waals surface area contributed by atoms with Crippen LogP contribution in [0.4, 0.5) is 0 Å². The second-order valence-corrected chi connectivity index (χ2v) is 6.41. The summed E-state index contributed by atoms with van der Waals surface area (Å²) in [6, 6.07) is 12.6. The molecule has 5 nitrogen and oxygen atoms in total. The normalized spacial score (nSPS) is 12.4. The van der Waals surface area contributed by atoms with Crippen LogP contribution < -0.4 is 0 Å². The van der Waals surface area contributed by atoms with Crippen molar-refractivity contribution in [3.8, 4) is 6.07 Å². The fourth-order valence-corrected chi connectivity index (χ4v) is 3.44. The van der Waals surface area contributed by atoms with E-state index in [9.17, 15) is 13.3 Å². The molecule has 0 N–H and O–H groups in total. The quantitative estimate of drug-likeness (QED) is 0.811. The number of hydrogen-bond donors (Lipinski definition) is 0. The molecular formula is C15H12N2O3S. The number of sulfone groups is 1. The molecule has 0 aliphatic heterocycles. The monoisotopic (exact) mass is 300 g/mol. The summed E-state index contributed by atoms with van der Waals surface area (Å²) in [6.45, 7) is 1.85. The van der Waals surface area contributed by atoms with Gasteiger partial charge in [-0.15, -0.1) is 4.91 Å². The highest BCUT2D eigenvalue weighted by molar-refractivity contribution is 7.91. The van der Waals surface area contributed by atoms with Crippen molar-refractivity contribution < 1.29 is 8.42 Å². The van der Waals surface area contributed by atoms with E-state index in [0.29, 0.717) is 0 Å². The number of nitroso groups, excluding NO2 is 1. The topological polar surface area (TPSA) is 87.4 Å². The van der Waals surface area contributed by atoms with Gasteiger partial charge in [0.05, 0.1) is 15.9 Å². The number of rotatable bonds is 4. The van der Waals surface area contributed by atoms with Crippen molar-refractivity contribution in [2.75, 3.05) is 0 Å². The summed E-state index contributed by atoms with van der Waals surface area (Å²) in [5.74, 6) is 0. The summed E-state index contributed by atoms with van der Waals surface area (Å²) < 4.78 is 25.3. The lowest BCUT2D eigenvalue weighted by Gasteiger charge is -2.10. The smallest absolute Gasteiger partial charge is 0.206 e. The second kappa shape index (κ2) is 5.85. The lowest BCUT2D eigenvalue weighted by Crippen LogP contribution is -2.07. The maximum absolute atomic E-state index is 12.6. The molecule has 2 aromatic rings. The van der Waals surface area contributed by atoms with E-state index in [-0.39, 0.29) is 15.4 Å². The van der Waals surface area contributed by atoms with E-state index in [1.165, 1.54) is 24.3 Å². The van der Waals surface area contributed by atoms with Gasteiger partial charge in [-0.25, -0.2) is 8.42 Å². The zero-order chi connectivity index (χ0) is 15.5. The average Bonchev–Trinajstić information content (AvgIpc) is 2.49. The number of aryl methyl sites for hydroxylation is 1. The van der Waals surface area contributed by atoms with Gasteiger partial charge in [-0.05, 0) is 30.3 Å². The van der Waals surface area contributed by atoms with E-state index in [1.807, 2.05) is 6.92 Å². The largest absolute Gasteiger partial charge is 0.219 e. The molecule has 21 heavy (non-hydrogen) atoms. The van der Waals surface area contributed by atoms with Gasteiger partial charge in [0.25, 0.3) is 0 Å². The Morgan fingerprint density at radius 3 is 2.29 bits per heavy atom. The summed E-state index contributed by atoms with van der Waals surface area (Å²) in [5.41, 5.74) is 1.03. The second-order valence-electron chi connectivity index (χ2n) is 4.49. The van der Waals surface area contributed by atoms with Gasteiger partial charge < -0.3 is 0 Å². The Balaban J connectivity index is 2.64. The zero-order valence-electron chi connectivity index (χ0n) is 11.2. The molecule has 0 amide bonds. The van der Waals surface area contributed by atoms with Gasteiger partial charge in [-0.1, -0.05) is 35.9 Å². The fraction of sp³-hybridized carbons (Fsp3) is 0.133. The van der Waals surface area contributed by atoms with Crippen molar-refractivity contribution in [2.45, 2.75) is 22.8 Å². The molecule has 2 aromatic carbocycles. The fourth-order valence-electron chi connectivity index (χ4n) is 1.95. The van der Waals surface area contributed by atoms with Gasteiger partial charge in [-0.2, -0.15) is 5.26 Å². The molecule has 0 saturated carbocycles. The van der Waals surface area contributed by atoms with Crippen molar-refractivity contribution in [1.82, 2.24) is 0 Å². The minimum atomic E-state index is -3.80. The Labute approximate surface area is 122 Å².